The normalized spacial score (nSPS) is 10.9. The van der Waals surface area contributed by atoms with E-state index in [1.54, 1.807) is 11.8 Å². The highest BCUT2D eigenvalue weighted by Crippen LogP contribution is 2.17. The van der Waals surface area contributed by atoms with Crippen LogP contribution < -0.4 is 4.74 Å². The predicted octanol–water partition coefficient (Wildman–Crippen LogP) is 3.41. The quantitative estimate of drug-likeness (QED) is 0.649. The van der Waals surface area contributed by atoms with Crippen LogP contribution in [0.15, 0.2) is 29.4 Å². The number of benzene rings is 1. The minimum Gasteiger partial charge on any atom is -0.493 e. The second-order valence-corrected chi connectivity index (χ2v) is 5.73. The van der Waals surface area contributed by atoms with Crippen LogP contribution in [0.4, 0.5) is 0 Å². The van der Waals surface area contributed by atoms with Crippen molar-refractivity contribution in [3.63, 3.8) is 0 Å². The topological polar surface area (TPSA) is 50.8 Å². The standard InChI is InChI=1S/C14H19N3OS/c1-10(2)13-15-14(17-16-13)19-9-8-18-12-6-4-11(3)5-7-12/h4-7,10H,8-9H2,1-3H3,(H,15,16,17). The molecule has 0 aliphatic heterocycles. The third kappa shape index (κ3) is 4.28. The van der Waals surface area contributed by atoms with Gasteiger partial charge in [-0.25, -0.2) is 4.98 Å². The third-order valence-corrected chi connectivity index (χ3v) is 3.44. The van der Waals surface area contributed by atoms with E-state index in [-0.39, 0.29) is 0 Å². The lowest BCUT2D eigenvalue weighted by Gasteiger charge is -2.04. The summed E-state index contributed by atoms with van der Waals surface area (Å²) in [6.45, 7) is 6.90. The number of hydrogen-bond acceptors (Lipinski definition) is 4. The lowest BCUT2D eigenvalue weighted by Crippen LogP contribution is -2.00. The highest BCUT2D eigenvalue weighted by molar-refractivity contribution is 7.99. The second kappa shape index (κ2) is 6.61. The molecule has 2 rings (SSSR count). The van der Waals surface area contributed by atoms with Crippen LogP contribution in [0.25, 0.3) is 0 Å². The highest BCUT2D eigenvalue weighted by Gasteiger charge is 2.06. The van der Waals surface area contributed by atoms with E-state index in [1.807, 2.05) is 24.3 Å². The first-order valence-electron chi connectivity index (χ1n) is 6.39. The zero-order valence-corrected chi connectivity index (χ0v) is 12.3. The monoisotopic (exact) mass is 277 g/mol. The van der Waals surface area contributed by atoms with Crippen molar-refractivity contribution in [1.29, 1.82) is 0 Å². The Morgan fingerprint density at radius 2 is 2.00 bits per heavy atom. The Kier molecular flexibility index (Phi) is 4.85. The SMILES string of the molecule is Cc1ccc(OCCSc2n[nH]c(C(C)C)n2)cc1. The molecule has 0 amide bonds. The molecule has 0 fully saturated rings. The number of rotatable bonds is 6. The van der Waals surface area contributed by atoms with E-state index in [0.29, 0.717) is 12.5 Å². The van der Waals surface area contributed by atoms with Crippen molar-refractivity contribution >= 4 is 11.8 Å². The molecule has 0 aliphatic carbocycles. The smallest absolute Gasteiger partial charge is 0.208 e. The lowest BCUT2D eigenvalue weighted by atomic mass is 10.2. The summed E-state index contributed by atoms with van der Waals surface area (Å²) in [7, 11) is 0. The van der Waals surface area contributed by atoms with Crippen LogP contribution in [0.2, 0.25) is 0 Å². The molecule has 0 bridgehead atoms. The molecule has 0 spiro atoms. The number of hydrogen-bond donors (Lipinski definition) is 1. The Labute approximate surface area is 118 Å². The molecule has 0 saturated carbocycles. The van der Waals surface area contributed by atoms with Crippen molar-refractivity contribution in [3.05, 3.63) is 35.7 Å². The van der Waals surface area contributed by atoms with Crippen molar-refractivity contribution < 1.29 is 4.74 Å². The molecule has 0 radical (unpaired) electrons. The summed E-state index contributed by atoms with van der Waals surface area (Å²) in [4.78, 5) is 4.41. The van der Waals surface area contributed by atoms with Gasteiger partial charge in [0, 0.05) is 11.7 Å². The van der Waals surface area contributed by atoms with Crippen molar-refractivity contribution in [2.24, 2.45) is 0 Å². The van der Waals surface area contributed by atoms with E-state index in [2.05, 4.69) is 36.0 Å². The van der Waals surface area contributed by atoms with Gasteiger partial charge in [-0.1, -0.05) is 43.3 Å². The van der Waals surface area contributed by atoms with Crippen LogP contribution >= 0.6 is 11.8 Å². The van der Waals surface area contributed by atoms with Crippen molar-refractivity contribution in [2.45, 2.75) is 31.8 Å². The number of aromatic amines is 1. The molecular weight excluding hydrogens is 258 g/mol. The third-order valence-electron chi connectivity index (χ3n) is 2.63. The van der Waals surface area contributed by atoms with Gasteiger partial charge in [0.15, 0.2) is 0 Å². The van der Waals surface area contributed by atoms with Gasteiger partial charge in [0.2, 0.25) is 5.16 Å². The Morgan fingerprint density at radius 3 is 2.63 bits per heavy atom. The maximum atomic E-state index is 5.65. The first kappa shape index (κ1) is 13.9. The van der Waals surface area contributed by atoms with Crippen LogP contribution in [-0.2, 0) is 0 Å². The van der Waals surface area contributed by atoms with Crippen molar-refractivity contribution in [2.75, 3.05) is 12.4 Å². The number of H-pyrrole nitrogens is 1. The van der Waals surface area contributed by atoms with Gasteiger partial charge in [-0.2, -0.15) is 0 Å². The Morgan fingerprint density at radius 1 is 1.26 bits per heavy atom. The van der Waals surface area contributed by atoms with Gasteiger partial charge in [-0.3, -0.25) is 5.10 Å². The van der Waals surface area contributed by atoms with E-state index in [0.717, 1.165) is 22.5 Å². The number of aryl methyl sites for hydroxylation is 1. The molecular formula is C14H19N3OS. The molecule has 19 heavy (non-hydrogen) atoms. The number of aromatic nitrogens is 3. The molecule has 102 valence electrons. The van der Waals surface area contributed by atoms with Crippen LogP contribution in [0.3, 0.4) is 0 Å². The molecule has 0 atom stereocenters. The fourth-order valence-corrected chi connectivity index (χ4v) is 2.13. The van der Waals surface area contributed by atoms with E-state index >= 15 is 0 Å². The Balaban J connectivity index is 1.72. The molecule has 0 aliphatic rings. The van der Waals surface area contributed by atoms with Crippen molar-refractivity contribution in [3.8, 4) is 5.75 Å². The summed E-state index contributed by atoms with van der Waals surface area (Å²) in [5, 5.41) is 7.90. The van der Waals surface area contributed by atoms with Crippen molar-refractivity contribution in [1.82, 2.24) is 15.2 Å². The largest absolute Gasteiger partial charge is 0.493 e. The first-order valence-corrected chi connectivity index (χ1v) is 7.38. The van der Waals surface area contributed by atoms with Gasteiger partial charge in [0.05, 0.1) is 6.61 Å². The average Bonchev–Trinajstić information content (AvgIpc) is 2.86. The van der Waals surface area contributed by atoms with E-state index in [4.69, 9.17) is 4.74 Å². The molecule has 5 heteroatoms. The van der Waals surface area contributed by atoms with Gasteiger partial charge in [-0.15, -0.1) is 5.10 Å². The van der Waals surface area contributed by atoms with Gasteiger partial charge >= 0.3 is 0 Å². The van der Waals surface area contributed by atoms with Crippen LogP contribution in [0.5, 0.6) is 5.75 Å². The molecule has 2 aromatic rings. The van der Waals surface area contributed by atoms with E-state index in [1.165, 1.54) is 5.56 Å². The van der Waals surface area contributed by atoms with Gasteiger partial charge in [-0.05, 0) is 19.1 Å². The fraction of sp³-hybridized carbons (Fsp3) is 0.429. The Hall–Kier alpha value is -1.49. The highest BCUT2D eigenvalue weighted by atomic mass is 32.2. The molecule has 1 aromatic heterocycles. The second-order valence-electron chi connectivity index (χ2n) is 4.67. The lowest BCUT2D eigenvalue weighted by molar-refractivity contribution is 0.344. The number of ether oxygens (including phenoxy) is 1. The zero-order chi connectivity index (χ0) is 13.7. The summed E-state index contributed by atoms with van der Waals surface area (Å²) in [5.74, 6) is 3.06. The maximum absolute atomic E-state index is 5.65. The maximum Gasteiger partial charge on any atom is 0.208 e. The summed E-state index contributed by atoms with van der Waals surface area (Å²) in [6, 6.07) is 8.08. The van der Waals surface area contributed by atoms with Gasteiger partial charge in [0.25, 0.3) is 0 Å². The van der Waals surface area contributed by atoms with Gasteiger partial charge < -0.3 is 4.74 Å². The van der Waals surface area contributed by atoms with E-state index in [9.17, 15) is 0 Å². The minimum atomic E-state index is 0.380. The summed E-state index contributed by atoms with van der Waals surface area (Å²) < 4.78 is 5.65. The summed E-state index contributed by atoms with van der Waals surface area (Å²) >= 11 is 1.60. The number of thioether (sulfide) groups is 1. The first-order chi connectivity index (χ1) is 9.15. The average molecular weight is 277 g/mol. The number of nitrogens with zero attached hydrogens (tertiary/aromatic N) is 2. The predicted molar refractivity (Wildman–Crippen MR) is 77.9 cm³/mol. The molecule has 1 aromatic carbocycles. The molecule has 1 N–H and O–H groups in total. The van der Waals surface area contributed by atoms with Gasteiger partial charge in [0.1, 0.15) is 11.6 Å². The number of nitrogens with one attached hydrogen (secondary N) is 1. The molecule has 0 unspecified atom stereocenters. The van der Waals surface area contributed by atoms with Crippen LogP contribution in [0, 0.1) is 6.92 Å². The van der Waals surface area contributed by atoms with Crippen LogP contribution in [0.1, 0.15) is 31.2 Å². The summed E-state index contributed by atoms with van der Waals surface area (Å²) in [6.07, 6.45) is 0. The molecule has 4 nitrogen and oxygen atoms in total. The van der Waals surface area contributed by atoms with E-state index < -0.39 is 0 Å². The summed E-state index contributed by atoms with van der Waals surface area (Å²) in [5.41, 5.74) is 1.24. The minimum absolute atomic E-state index is 0.380. The molecule has 0 saturated heterocycles. The van der Waals surface area contributed by atoms with Crippen LogP contribution in [-0.4, -0.2) is 27.5 Å². The zero-order valence-electron chi connectivity index (χ0n) is 11.5. The fourth-order valence-electron chi connectivity index (χ4n) is 1.51. The molecule has 1 heterocycles. The Bertz CT molecular complexity index is 508.